The Morgan fingerprint density at radius 3 is 2.31 bits per heavy atom. The van der Waals surface area contributed by atoms with E-state index in [2.05, 4.69) is 10.5 Å². The van der Waals surface area contributed by atoms with Gasteiger partial charge in [-0.3, -0.25) is 9.59 Å². The first-order valence-corrected chi connectivity index (χ1v) is 9.55. The number of carbonyl (C=O) groups excluding carboxylic acids is 2. The Bertz CT molecular complexity index is 808. The molecule has 9 nitrogen and oxygen atoms in total. The highest BCUT2D eigenvalue weighted by Crippen LogP contribution is 2.38. The monoisotopic (exact) mass is 384 g/mol. The van der Waals surface area contributed by atoms with Crippen LogP contribution in [0.1, 0.15) is 18.9 Å². The van der Waals surface area contributed by atoms with Crippen LogP contribution in [0.15, 0.2) is 17.2 Å². The Hall–Kier alpha value is -2.62. The lowest BCUT2D eigenvalue weighted by molar-refractivity contribution is -0.132. The quantitative estimate of drug-likeness (QED) is 0.328. The molecular formula is C16H20N2O7S. The van der Waals surface area contributed by atoms with Gasteiger partial charge in [0.1, 0.15) is 0 Å². The number of benzene rings is 1. The van der Waals surface area contributed by atoms with Crippen LogP contribution in [-0.2, 0) is 19.4 Å². The van der Waals surface area contributed by atoms with Gasteiger partial charge < -0.3 is 14.2 Å². The van der Waals surface area contributed by atoms with Crippen LogP contribution in [0.5, 0.6) is 17.2 Å². The minimum atomic E-state index is -3.14. The van der Waals surface area contributed by atoms with Gasteiger partial charge in [0, 0.05) is 12.5 Å². The summed E-state index contributed by atoms with van der Waals surface area (Å²) < 4.78 is 38.3. The molecule has 0 aromatic heterocycles. The molecule has 1 aromatic rings. The van der Waals surface area contributed by atoms with Gasteiger partial charge >= 0.3 is 5.97 Å². The van der Waals surface area contributed by atoms with Gasteiger partial charge in [0.2, 0.25) is 11.7 Å². The molecule has 0 saturated carbocycles. The lowest BCUT2D eigenvalue weighted by Gasteiger charge is -2.13. The Morgan fingerprint density at radius 2 is 1.85 bits per heavy atom. The van der Waals surface area contributed by atoms with Crippen molar-refractivity contribution in [1.82, 2.24) is 5.43 Å². The average Bonchev–Trinajstić information content (AvgIpc) is 2.95. The van der Waals surface area contributed by atoms with E-state index in [0.29, 0.717) is 12.0 Å². The van der Waals surface area contributed by atoms with E-state index in [-0.39, 0.29) is 28.8 Å². The third-order valence-electron chi connectivity index (χ3n) is 3.72. The molecule has 0 radical (unpaired) electrons. The number of nitrogens with zero attached hydrogens (tertiary/aromatic N) is 1. The number of carbonyl (C=O) groups is 2. The second-order valence-corrected chi connectivity index (χ2v) is 7.91. The van der Waals surface area contributed by atoms with Gasteiger partial charge in [-0.25, -0.2) is 13.8 Å². The number of methoxy groups -OCH3 is 2. The van der Waals surface area contributed by atoms with Crippen LogP contribution in [0.2, 0.25) is 0 Å². The molecule has 0 unspecified atom stereocenters. The number of amides is 1. The molecule has 1 amide bonds. The molecular weight excluding hydrogens is 364 g/mol. The largest absolute Gasteiger partial charge is 0.493 e. The fourth-order valence-corrected chi connectivity index (χ4v) is 4.22. The minimum absolute atomic E-state index is 0.0147. The van der Waals surface area contributed by atoms with E-state index in [1.807, 2.05) is 0 Å². The average molecular weight is 384 g/mol. The molecule has 26 heavy (non-hydrogen) atoms. The Kier molecular flexibility index (Phi) is 6.19. The van der Waals surface area contributed by atoms with Crippen molar-refractivity contribution in [2.45, 2.75) is 13.3 Å². The van der Waals surface area contributed by atoms with Gasteiger partial charge in [-0.15, -0.1) is 0 Å². The zero-order chi connectivity index (χ0) is 19.3. The summed E-state index contributed by atoms with van der Waals surface area (Å²) in [5.74, 6) is -1.05. The molecule has 1 fully saturated rings. The van der Waals surface area contributed by atoms with Crippen LogP contribution in [0.25, 0.3) is 0 Å². The summed E-state index contributed by atoms with van der Waals surface area (Å²) in [6, 6.07) is 3.10. The van der Waals surface area contributed by atoms with Crippen molar-refractivity contribution in [3.05, 3.63) is 17.7 Å². The van der Waals surface area contributed by atoms with Crippen LogP contribution in [-0.4, -0.2) is 52.2 Å². The molecule has 0 spiro atoms. The molecule has 1 N–H and O–H groups in total. The summed E-state index contributed by atoms with van der Waals surface area (Å²) in [6.07, 6.45) is 1.65. The van der Waals surface area contributed by atoms with Crippen LogP contribution in [0, 0.1) is 5.92 Å². The second kappa shape index (κ2) is 8.17. The maximum atomic E-state index is 11.9. The molecule has 0 aliphatic carbocycles. The Morgan fingerprint density at radius 1 is 1.23 bits per heavy atom. The van der Waals surface area contributed by atoms with Gasteiger partial charge in [0.05, 0.1) is 37.9 Å². The highest BCUT2D eigenvalue weighted by Gasteiger charge is 2.32. The molecule has 1 atom stereocenters. The number of esters is 1. The van der Waals surface area contributed by atoms with Crippen LogP contribution in [0.3, 0.4) is 0 Å². The van der Waals surface area contributed by atoms with Crippen LogP contribution >= 0.6 is 0 Å². The second-order valence-electron chi connectivity index (χ2n) is 5.68. The summed E-state index contributed by atoms with van der Waals surface area (Å²) in [7, 11) is -0.322. The van der Waals surface area contributed by atoms with Gasteiger partial charge in [-0.1, -0.05) is 0 Å². The summed E-state index contributed by atoms with van der Waals surface area (Å²) in [6.45, 7) is 1.26. The van der Waals surface area contributed by atoms with E-state index in [4.69, 9.17) is 14.2 Å². The first kappa shape index (κ1) is 19.7. The van der Waals surface area contributed by atoms with Crippen molar-refractivity contribution in [3.8, 4) is 17.2 Å². The Labute approximate surface area is 151 Å². The topological polar surface area (TPSA) is 120 Å². The van der Waals surface area contributed by atoms with Gasteiger partial charge in [-0.2, -0.15) is 5.10 Å². The maximum absolute atomic E-state index is 11.9. The number of ether oxygens (including phenoxy) is 3. The molecule has 142 valence electrons. The smallest absolute Gasteiger partial charge is 0.308 e. The SMILES string of the molecule is COc1cc(/C=N\NC(=O)[C@H]2CCS(=O)(=O)C2)cc(OC)c1OC(C)=O. The first-order valence-electron chi connectivity index (χ1n) is 7.73. The van der Waals surface area contributed by atoms with Crippen LogP contribution < -0.4 is 19.6 Å². The molecule has 1 aromatic carbocycles. The van der Waals surface area contributed by atoms with Gasteiger partial charge in [-0.05, 0) is 18.6 Å². The van der Waals surface area contributed by atoms with E-state index in [1.54, 1.807) is 12.1 Å². The fraction of sp³-hybridized carbons (Fsp3) is 0.438. The van der Waals surface area contributed by atoms with Crippen molar-refractivity contribution in [2.24, 2.45) is 11.0 Å². The number of hydrogen-bond acceptors (Lipinski definition) is 8. The van der Waals surface area contributed by atoms with Crippen molar-refractivity contribution in [3.63, 3.8) is 0 Å². The third kappa shape index (κ3) is 4.94. The number of sulfone groups is 1. The molecule has 0 bridgehead atoms. The van der Waals surface area contributed by atoms with Gasteiger partial charge in [0.15, 0.2) is 21.3 Å². The predicted octanol–water partition coefficient (Wildman–Crippen LogP) is 0.514. The van der Waals surface area contributed by atoms with E-state index < -0.39 is 27.6 Å². The number of hydrazone groups is 1. The lowest BCUT2D eigenvalue weighted by Crippen LogP contribution is -2.27. The highest BCUT2D eigenvalue weighted by atomic mass is 32.2. The zero-order valence-corrected chi connectivity index (χ0v) is 15.5. The maximum Gasteiger partial charge on any atom is 0.308 e. The molecule has 1 heterocycles. The molecule has 2 rings (SSSR count). The standard InChI is InChI=1S/C16H20N2O7S/c1-10(19)25-15-13(23-2)6-11(7-14(15)24-3)8-17-18-16(20)12-4-5-26(21,22)9-12/h6-8,12H,4-5,9H2,1-3H3,(H,18,20)/b17-8-/t12-/m0/s1. The van der Waals surface area contributed by atoms with Crippen molar-refractivity contribution < 1.29 is 32.2 Å². The van der Waals surface area contributed by atoms with E-state index in [0.717, 1.165) is 0 Å². The van der Waals surface area contributed by atoms with Gasteiger partial charge in [0.25, 0.3) is 0 Å². The number of hydrogen-bond donors (Lipinski definition) is 1. The number of nitrogens with one attached hydrogen (secondary N) is 1. The zero-order valence-electron chi connectivity index (χ0n) is 14.6. The van der Waals surface area contributed by atoms with E-state index >= 15 is 0 Å². The summed E-state index contributed by atoms with van der Waals surface area (Å²) in [5.41, 5.74) is 2.85. The molecule has 1 aliphatic heterocycles. The summed E-state index contributed by atoms with van der Waals surface area (Å²) in [4.78, 5) is 23.2. The number of rotatable bonds is 6. The third-order valence-corrected chi connectivity index (χ3v) is 5.49. The van der Waals surface area contributed by atoms with E-state index in [1.165, 1.54) is 27.4 Å². The van der Waals surface area contributed by atoms with Crippen molar-refractivity contribution >= 4 is 27.9 Å². The predicted molar refractivity (Wildman–Crippen MR) is 93.4 cm³/mol. The Balaban J connectivity index is 2.12. The minimum Gasteiger partial charge on any atom is -0.493 e. The van der Waals surface area contributed by atoms with E-state index in [9.17, 15) is 18.0 Å². The molecule has 10 heteroatoms. The highest BCUT2D eigenvalue weighted by molar-refractivity contribution is 7.91. The molecule has 1 aliphatic rings. The van der Waals surface area contributed by atoms with Crippen molar-refractivity contribution in [1.29, 1.82) is 0 Å². The summed E-state index contributed by atoms with van der Waals surface area (Å²) in [5, 5.41) is 3.84. The normalized spacial score (nSPS) is 18.5. The lowest BCUT2D eigenvalue weighted by atomic mass is 10.1. The fourth-order valence-electron chi connectivity index (χ4n) is 2.48. The summed E-state index contributed by atoms with van der Waals surface area (Å²) >= 11 is 0. The first-order chi connectivity index (χ1) is 12.3. The molecule has 1 saturated heterocycles. The van der Waals surface area contributed by atoms with Crippen LogP contribution in [0.4, 0.5) is 0 Å². The van der Waals surface area contributed by atoms with Crippen molar-refractivity contribution in [2.75, 3.05) is 25.7 Å².